The van der Waals surface area contributed by atoms with E-state index in [0.29, 0.717) is 25.5 Å². The zero-order valence-corrected chi connectivity index (χ0v) is 9.48. The summed E-state index contributed by atoms with van der Waals surface area (Å²) in [5, 5.41) is 14.6. The van der Waals surface area contributed by atoms with Gasteiger partial charge in [-0.3, -0.25) is 10.3 Å². The van der Waals surface area contributed by atoms with Crippen molar-refractivity contribution in [1.82, 2.24) is 19.7 Å². The second-order valence-electron chi connectivity index (χ2n) is 4.23. The lowest BCUT2D eigenvalue weighted by Crippen LogP contribution is -2.46. The lowest BCUT2D eigenvalue weighted by molar-refractivity contribution is -0.160. The van der Waals surface area contributed by atoms with Crippen molar-refractivity contribution in [3.05, 3.63) is 12.2 Å². The zero-order valence-electron chi connectivity index (χ0n) is 9.48. The third kappa shape index (κ3) is 2.61. The molecular formula is C9H13F3N6. The molecule has 18 heavy (non-hydrogen) atoms. The number of fused-ring (bicyclic) bond motifs is 1. The average molecular weight is 262 g/mol. The molecule has 3 N–H and O–H groups in total. The molecule has 2 heterocycles. The van der Waals surface area contributed by atoms with Gasteiger partial charge in [0.25, 0.3) is 0 Å². The molecule has 1 unspecified atom stereocenters. The first-order chi connectivity index (χ1) is 8.38. The van der Waals surface area contributed by atoms with Gasteiger partial charge < -0.3 is 10.3 Å². The van der Waals surface area contributed by atoms with Gasteiger partial charge in [0, 0.05) is 19.6 Å². The fourth-order valence-electron chi connectivity index (χ4n) is 1.91. The number of aromatic nitrogens is 3. The van der Waals surface area contributed by atoms with Crippen LogP contribution in [0.3, 0.4) is 0 Å². The predicted octanol–water partition coefficient (Wildman–Crippen LogP) is 0.208. The lowest BCUT2D eigenvalue weighted by atomic mass is 10.1. The molecule has 0 bridgehead atoms. The average Bonchev–Trinajstić information content (AvgIpc) is 2.70. The third-order valence-corrected chi connectivity index (χ3v) is 2.93. The maximum atomic E-state index is 12.7. The Morgan fingerprint density at radius 3 is 2.83 bits per heavy atom. The molecule has 1 aromatic heterocycles. The van der Waals surface area contributed by atoms with Gasteiger partial charge in [-0.25, -0.2) is 0 Å². The Hall–Kier alpha value is -1.64. The van der Waals surface area contributed by atoms with Crippen LogP contribution in [0.25, 0.3) is 0 Å². The van der Waals surface area contributed by atoms with Crippen molar-refractivity contribution in [3.8, 4) is 0 Å². The van der Waals surface area contributed by atoms with Crippen LogP contribution in [-0.4, -0.2) is 44.8 Å². The normalized spacial score (nSPS) is 18.4. The Labute approximate surface area is 101 Å². The monoisotopic (exact) mass is 262 g/mol. The molecule has 0 saturated heterocycles. The largest absolute Gasteiger partial charge is 0.399 e. The molecule has 100 valence electrons. The standard InChI is InChI=1S/C9H13F3N6/c10-9(11,12)6(8(13)14)3-17-1-2-18-5-15-16-7(18)4-17/h5-6H,1-4H2,(H3,13,14). The van der Waals surface area contributed by atoms with Crippen LogP contribution in [0.4, 0.5) is 13.2 Å². The van der Waals surface area contributed by atoms with Crippen molar-refractivity contribution in [3.63, 3.8) is 0 Å². The van der Waals surface area contributed by atoms with E-state index in [2.05, 4.69) is 10.2 Å². The van der Waals surface area contributed by atoms with E-state index in [1.54, 1.807) is 15.8 Å². The highest BCUT2D eigenvalue weighted by Gasteiger charge is 2.43. The molecule has 0 saturated carbocycles. The molecule has 0 spiro atoms. The second-order valence-corrected chi connectivity index (χ2v) is 4.23. The molecule has 1 aliphatic rings. The van der Waals surface area contributed by atoms with Crippen LogP contribution in [0.15, 0.2) is 6.33 Å². The Kier molecular flexibility index (Phi) is 3.24. The minimum Gasteiger partial charge on any atom is -0.387 e. The smallest absolute Gasteiger partial charge is 0.387 e. The molecule has 9 heteroatoms. The summed E-state index contributed by atoms with van der Waals surface area (Å²) in [6, 6.07) is 0. The van der Waals surface area contributed by atoms with Crippen LogP contribution in [0.2, 0.25) is 0 Å². The van der Waals surface area contributed by atoms with E-state index >= 15 is 0 Å². The van der Waals surface area contributed by atoms with E-state index in [4.69, 9.17) is 11.1 Å². The number of nitrogens with one attached hydrogen (secondary N) is 1. The van der Waals surface area contributed by atoms with Crippen LogP contribution >= 0.6 is 0 Å². The van der Waals surface area contributed by atoms with Crippen molar-refractivity contribution in [2.75, 3.05) is 13.1 Å². The summed E-state index contributed by atoms with van der Waals surface area (Å²) >= 11 is 0. The number of nitrogens with two attached hydrogens (primary N) is 1. The maximum absolute atomic E-state index is 12.7. The summed E-state index contributed by atoms with van der Waals surface area (Å²) in [4.78, 5) is 1.59. The molecule has 6 nitrogen and oxygen atoms in total. The summed E-state index contributed by atoms with van der Waals surface area (Å²) in [6.07, 6.45) is -2.93. The molecular weight excluding hydrogens is 249 g/mol. The summed E-state index contributed by atoms with van der Waals surface area (Å²) in [5.41, 5.74) is 5.02. The Morgan fingerprint density at radius 1 is 1.50 bits per heavy atom. The molecule has 0 radical (unpaired) electrons. The first-order valence-electron chi connectivity index (χ1n) is 5.37. The molecule has 1 atom stereocenters. The molecule has 1 aliphatic heterocycles. The van der Waals surface area contributed by atoms with Crippen LogP contribution < -0.4 is 5.73 Å². The van der Waals surface area contributed by atoms with Crippen molar-refractivity contribution >= 4 is 5.84 Å². The van der Waals surface area contributed by atoms with E-state index in [1.807, 2.05) is 0 Å². The first-order valence-corrected chi connectivity index (χ1v) is 5.37. The van der Waals surface area contributed by atoms with Crippen LogP contribution in [0, 0.1) is 11.3 Å². The van der Waals surface area contributed by atoms with Gasteiger partial charge in [-0.1, -0.05) is 0 Å². The van der Waals surface area contributed by atoms with Gasteiger partial charge in [0.15, 0.2) is 0 Å². The van der Waals surface area contributed by atoms with Gasteiger partial charge >= 0.3 is 6.18 Å². The molecule has 0 fully saturated rings. The molecule has 0 aliphatic carbocycles. The number of halogens is 3. The van der Waals surface area contributed by atoms with Crippen molar-refractivity contribution in [1.29, 1.82) is 5.41 Å². The highest BCUT2D eigenvalue weighted by Crippen LogP contribution is 2.27. The predicted molar refractivity (Wildman–Crippen MR) is 56.8 cm³/mol. The number of amidine groups is 1. The van der Waals surface area contributed by atoms with Crippen LogP contribution in [0.5, 0.6) is 0 Å². The van der Waals surface area contributed by atoms with Crippen molar-refractivity contribution in [2.24, 2.45) is 11.7 Å². The van der Waals surface area contributed by atoms with E-state index in [-0.39, 0.29) is 6.54 Å². The van der Waals surface area contributed by atoms with Crippen LogP contribution in [-0.2, 0) is 13.1 Å². The summed E-state index contributed by atoms with van der Waals surface area (Å²) in [7, 11) is 0. The third-order valence-electron chi connectivity index (χ3n) is 2.93. The molecule has 2 rings (SSSR count). The van der Waals surface area contributed by atoms with E-state index in [9.17, 15) is 13.2 Å². The topological polar surface area (TPSA) is 83.8 Å². The van der Waals surface area contributed by atoms with E-state index in [0.717, 1.165) is 0 Å². The molecule has 0 aromatic carbocycles. The van der Waals surface area contributed by atoms with Gasteiger partial charge in [-0.15, -0.1) is 10.2 Å². The van der Waals surface area contributed by atoms with Crippen molar-refractivity contribution in [2.45, 2.75) is 19.3 Å². The Morgan fingerprint density at radius 2 is 2.22 bits per heavy atom. The number of hydrogen-bond acceptors (Lipinski definition) is 4. The van der Waals surface area contributed by atoms with E-state index in [1.165, 1.54) is 0 Å². The molecule has 1 aromatic rings. The summed E-state index contributed by atoms with van der Waals surface area (Å²) in [6.45, 7) is 0.987. The minimum atomic E-state index is -4.49. The van der Waals surface area contributed by atoms with Gasteiger partial charge in [0.05, 0.1) is 6.54 Å². The number of nitrogens with zero attached hydrogens (tertiary/aromatic N) is 4. The number of alkyl halides is 3. The second kappa shape index (κ2) is 4.56. The SMILES string of the molecule is N=C(N)C(CN1CCn2cnnc2C1)C(F)(F)F. The highest BCUT2D eigenvalue weighted by atomic mass is 19.4. The number of rotatable bonds is 3. The van der Waals surface area contributed by atoms with Crippen LogP contribution in [0.1, 0.15) is 5.82 Å². The first kappa shape index (κ1) is 12.8. The highest BCUT2D eigenvalue weighted by molar-refractivity contribution is 5.80. The van der Waals surface area contributed by atoms with Gasteiger partial charge in [0.1, 0.15) is 23.9 Å². The number of hydrogen-bond donors (Lipinski definition) is 2. The fourth-order valence-corrected chi connectivity index (χ4v) is 1.91. The Bertz CT molecular complexity index is 440. The quantitative estimate of drug-likeness (QED) is 0.602. The van der Waals surface area contributed by atoms with Gasteiger partial charge in [-0.2, -0.15) is 13.2 Å². The Balaban J connectivity index is 2.04. The molecule has 0 amide bonds. The maximum Gasteiger partial charge on any atom is 0.399 e. The minimum absolute atomic E-state index is 0.292. The van der Waals surface area contributed by atoms with Gasteiger partial charge in [0.2, 0.25) is 0 Å². The van der Waals surface area contributed by atoms with Crippen molar-refractivity contribution < 1.29 is 13.2 Å². The zero-order chi connectivity index (χ0) is 13.3. The fraction of sp³-hybridized carbons (Fsp3) is 0.667. The van der Waals surface area contributed by atoms with E-state index < -0.39 is 17.9 Å². The lowest BCUT2D eigenvalue weighted by Gasteiger charge is -2.30. The summed E-state index contributed by atoms with van der Waals surface area (Å²) in [5.74, 6) is -2.15. The summed E-state index contributed by atoms with van der Waals surface area (Å²) < 4.78 is 39.8. The van der Waals surface area contributed by atoms with Gasteiger partial charge in [-0.05, 0) is 0 Å².